The highest BCUT2D eigenvalue weighted by Crippen LogP contribution is 2.35. The first-order valence-electron chi connectivity index (χ1n) is 11.8. The molecular weight excluding hydrogens is 482 g/mol. The summed E-state index contributed by atoms with van der Waals surface area (Å²) in [6.45, 7) is 3.15. The number of aliphatic hydroxyl groups excluding tert-OH is 2. The van der Waals surface area contributed by atoms with E-state index in [4.69, 9.17) is 19.4 Å². The lowest BCUT2D eigenvalue weighted by Gasteiger charge is -2.17. The van der Waals surface area contributed by atoms with Crippen LogP contribution in [0.3, 0.4) is 0 Å². The molecule has 6 rings (SSSR count). The van der Waals surface area contributed by atoms with E-state index in [9.17, 15) is 20.1 Å². The molecule has 4 aromatic rings. The van der Waals surface area contributed by atoms with E-state index in [1.54, 1.807) is 6.20 Å². The Labute approximate surface area is 210 Å². The largest absolute Gasteiger partial charge is 0.479 e. The lowest BCUT2D eigenvalue weighted by Crippen LogP contribution is -2.35. The van der Waals surface area contributed by atoms with Crippen LogP contribution in [0.25, 0.3) is 33.8 Å². The number of H-pyrrole nitrogens is 1. The monoisotopic (exact) mass is 507 g/mol. The molecule has 3 aromatic heterocycles. The summed E-state index contributed by atoms with van der Waals surface area (Å²) >= 11 is 0. The molecule has 2 aliphatic heterocycles. The van der Waals surface area contributed by atoms with Crippen LogP contribution in [0.15, 0.2) is 36.8 Å². The van der Waals surface area contributed by atoms with Crippen molar-refractivity contribution in [2.75, 3.05) is 18.5 Å². The molecule has 192 valence electrons. The Morgan fingerprint density at radius 1 is 1.19 bits per heavy atom. The number of aliphatic carboxylic acids is 1. The zero-order chi connectivity index (χ0) is 25.7. The van der Waals surface area contributed by atoms with E-state index in [1.165, 1.54) is 10.9 Å². The van der Waals surface area contributed by atoms with Crippen molar-refractivity contribution >= 4 is 23.0 Å². The van der Waals surface area contributed by atoms with Crippen LogP contribution in [-0.2, 0) is 14.3 Å². The third-order valence-electron chi connectivity index (χ3n) is 6.67. The topological polar surface area (TPSA) is 181 Å². The Kier molecular flexibility index (Phi) is 5.83. The summed E-state index contributed by atoms with van der Waals surface area (Å²) < 4.78 is 12.4. The van der Waals surface area contributed by atoms with Crippen LogP contribution in [0.1, 0.15) is 18.2 Å². The van der Waals surface area contributed by atoms with Crippen LogP contribution in [0, 0.1) is 6.92 Å². The minimum absolute atomic E-state index is 0.0148. The molecule has 5 atom stereocenters. The molecule has 37 heavy (non-hydrogen) atoms. The second kappa shape index (κ2) is 9.19. The molecule has 0 radical (unpaired) electrons. The molecule has 0 saturated carbocycles. The van der Waals surface area contributed by atoms with Gasteiger partial charge < -0.3 is 30.1 Å². The molecule has 2 fully saturated rings. The number of rotatable bonds is 6. The number of hydrogen-bond donors (Lipinski definition) is 5. The first kappa shape index (κ1) is 23.5. The van der Waals surface area contributed by atoms with Crippen molar-refractivity contribution in [1.82, 2.24) is 29.7 Å². The second-order valence-corrected chi connectivity index (χ2v) is 9.22. The predicted molar refractivity (Wildman–Crippen MR) is 129 cm³/mol. The van der Waals surface area contributed by atoms with Gasteiger partial charge >= 0.3 is 5.97 Å². The highest BCUT2D eigenvalue weighted by Gasteiger charge is 2.48. The fourth-order valence-electron chi connectivity index (χ4n) is 4.66. The fraction of sp³-hybridized carbons (Fsp3) is 0.375. The van der Waals surface area contributed by atoms with E-state index < -0.39 is 30.5 Å². The first-order chi connectivity index (χ1) is 17.9. The molecule has 2 aliphatic rings. The van der Waals surface area contributed by atoms with E-state index >= 15 is 0 Å². The summed E-state index contributed by atoms with van der Waals surface area (Å²) in [4.78, 5) is 25.4. The highest BCUT2D eigenvalue weighted by molar-refractivity contribution is 5.87. The Morgan fingerprint density at radius 2 is 2.00 bits per heavy atom. The van der Waals surface area contributed by atoms with Crippen LogP contribution < -0.4 is 5.32 Å². The molecule has 0 bridgehead atoms. The molecule has 0 amide bonds. The smallest absolute Gasteiger partial charge is 0.335 e. The van der Waals surface area contributed by atoms with Crippen molar-refractivity contribution in [1.29, 1.82) is 0 Å². The van der Waals surface area contributed by atoms with E-state index in [0.29, 0.717) is 36.1 Å². The van der Waals surface area contributed by atoms with Gasteiger partial charge in [-0.3, -0.25) is 9.67 Å². The number of carbonyl (C=O) groups is 1. The van der Waals surface area contributed by atoms with Gasteiger partial charge in [-0.25, -0.2) is 19.7 Å². The molecule has 13 heteroatoms. The summed E-state index contributed by atoms with van der Waals surface area (Å²) in [6, 6.07) is 7.98. The van der Waals surface area contributed by atoms with Crippen molar-refractivity contribution in [3.8, 4) is 22.6 Å². The SMILES string of the molecule is Cc1ccc(-c2cn[nH]c2-c2nc(N[C@@H]3CCOC3)c3ncn([C@@H]4O[C@H](C(=O)O)[C@H](O)[C@@H]4O)c3n2)cc1. The molecule has 2 saturated heterocycles. The number of benzene rings is 1. The zero-order valence-electron chi connectivity index (χ0n) is 19.8. The van der Waals surface area contributed by atoms with Crippen LogP contribution in [0.5, 0.6) is 0 Å². The van der Waals surface area contributed by atoms with E-state index in [0.717, 1.165) is 23.1 Å². The van der Waals surface area contributed by atoms with Crippen LogP contribution >= 0.6 is 0 Å². The molecule has 13 nitrogen and oxygen atoms in total. The lowest BCUT2D eigenvalue weighted by atomic mass is 10.0. The summed E-state index contributed by atoms with van der Waals surface area (Å²) in [5.41, 5.74) is 4.10. The van der Waals surface area contributed by atoms with Gasteiger partial charge in [0.15, 0.2) is 35.1 Å². The lowest BCUT2D eigenvalue weighted by molar-refractivity contribution is -0.155. The Hall–Kier alpha value is -3.91. The van der Waals surface area contributed by atoms with E-state index in [1.807, 2.05) is 31.2 Å². The van der Waals surface area contributed by atoms with Crippen molar-refractivity contribution in [3.63, 3.8) is 0 Å². The van der Waals surface area contributed by atoms with Crippen LogP contribution in [-0.4, -0.2) is 88.6 Å². The maximum Gasteiger partial charge on any atom is 0.335 e. The number of carboxylic acid groups (broad SMARTS) is 1. The quantitative estimate of drug-likeness (QED) is 0.252. The number of aromatic amines is 1. The van der Waals surface area contributed by atoms with Gasteiger partial charge in [-0.2, -0.15) is 5.10 Å². The number of anilines is 1. The summed E-state index contributed by atoms with van der Waals surface area (Å²) in [6.07, 6.45) is -2.06. The van der Waals surface area contributed by atoms with Gasteiger partial charge in [0.1, 0.15) is 17.9 Å². The summed E-state index contributed by atoms with van der Waals surface area (Å²) in [5.74, 6) is -0.620. The number of fused-ring (bicyclic) bond motifs is 1. The van der Waals surface area contributed by atoms with Gasteiger partial charge in [0, 0.05) is 12.2 Å². The average molecular weight is 508 g/mol. The third kappa shape index (κ3) is 4.11. The standard InChI is InChI=1S/C24H25N7O6/c1-11-2-4-12(5-3-11)14-8-26-30-15(14)20-28-21(27-13-6-7-36-9-13)16-22(29-20)31(10-25-16)23-18(33)17(32)19(37-23)24(34)35/h2-5,8,10,13,17-19,23,32-33H,6-7,9H2,1H3,(H,26,30)(H,34,35)(H,27,28,29)/t13-,17-,18+,19+,23-/m1/s1. The van der Waals surface area contributed by atoms with Gasteiger partial charge in [0.05, 0.1) is 25.2 Å². The van der Waals surface area contributed by atoms with Gasteiger partial charge in [-0.15, -0.1) is 0 Å². The Bertz CT molecular complexity index is 1450. The molecule has 5 heterocycles. The Balaban J connectivity index is 1.48. The maximum absolute atomic E-state index is 11.5. The number of aromatic nitrogens is 6. The third-order valence-corrected chi connectivity index (χ3v) is 6.67. The van der Waals surface area contributed by atoms with E-state index in [2.05, 4.69) is 20.5 Å². The first-order valence-corrected chi connectivity index (χ1v) is 11.8. The van der Waals surface area contributed by atoms with Gasteiger partial charge in [-0.05, 0) is 18.9 Å². The second-order valence-electron chi connectivity index (χ2n) is 9.22. The van der Waals surface area contributed by atoms with Gasteiger partial charge in [0.25, 0.3) is 0 Å². The van der Waals surface area contributed by atoms with E-state index in [-0.39, 0.29) is 11.7 Å². The molecular formula is C24H25N7O6. The van der Waals surface area contributed by atoms with Crippen LogP contribution in [0.4, 0.5) is 5.82 Å². The van der Waals surface area contributed by atoms with Crippen molar-refractivity contribution in [2.45, 2.75) is 43.9 Å². The fourth-order valence-corrected chi connectivity index (χ4v) is 4.66. The normalized spacial score (nSPS) is 25.6. The number of aliphatic hydroxyl groups is 2. The van der Waals surface area contributed by atoms with Gasteiger partial charge in [0.2, 0.25) is 0 Å². The zero-order valence-corrected chi connectivity index (χ0v) is 19.8. The molecule has 0 spiro atoms. The number of imidazole rings is 1. The van der Waals surface area contributed by atoms with Crippen molar-refractivity contribution in [2.24, 2.45) is 0 Å². The Morgan fingerprint density at radius 3 is 2.70 bits per heavy atom. The average Bonchev–Trinajstić information content (AvgIpc) is 3.68. The number of ether oxygens (including phenoxy) is 2. The minimum atomic E-state index is -1.62. The van der Waals surface area contributed by atoms with Crippen LogP contribution in [0.2, 0.25) is 0 Å². The molecule has 0 aliphatic carbocycles. The maximum atomic E-state index is 11.5. The molecule has 1 aromatic carbocycles. The van der Waals surface area contributed by atoms with Crippen molar-refractivity contribution in [3.05, 3.63) is 42.4 Å². The van der Waals surface area contributed by atoms with Crippen molar-refractivity contribution < 1.29 is 29.6 Å². The molecule has 0 unspecified atom stereocenters. The highest BCUT2D eigenvalue weighted by atomic mass is 16.6. The summed E-state index contributed by atoms with van der Waals surface area (Å²) in [5, 5.41) is 40.8. The number of carboxylic acids is 1. The number of nitrogens with one attached hydrogen (secondary N) is 2. The number of nitrogens with zero attached hydrogens (tertiary/aromatic N) is 5. The number of hydrogen-bond acceptors (Lipinski definition) is 10. The number of aryl methyl sites for hydroxylation is 1. The molecule has 5 N–H and O–H groups in total. The summed E-state index contributed by atoms with van der Waals surface area (Å²) in [7, 11) is 0. The minimum Gasteiger partial charge on any atom is -0.479 e. The predicted octanol–water partition coefficient (Wildman–Crippen LogP) is 1.10. The van der Waals surface area contributed by atoms with Gasteiger partial charge in [-0.1, -0.05) is 29.8 Å².